The number of rotatable bonds is 8. The van der Waals surface area contributed by atoms with Gasteiger partial charge in [-0.05, 0) is 22.3 Å². The summed E-state index contributed by atoms with van der Waals surface area (Å²) in [6, 6.07) is 20.8. The van der Waals surface area contributed by atoms with Gasteiger partial charge in [0.1, 0.15) is 6.79 Å². The number of ether oxygens (including phenoxy) is 2. The maximum Gasteiger partial charge on any atom is 0.252 e. The van der Waals surface area contributed by atoms with Crippen LogP contribution in [0.25, 0.3) is 0 Å². The van der Waals surface area contributed by atoms with Crippen molar-refractivity contribution in [1.29, 1.82) is 0 Å². The van der Waals surface area contributed by atoms with E-state index >= 15 is 0 Å². The summed E-state index contributed by atoms with van der Waals surface area (Å²) in [4.78, 5) is 11.5. The first kappa shape index (κ1) is 16.9. The minimum absolute atomic E-state index is 0.257. The zero-order chi connectivity index (χ0) is 15.8. The Morgan fingerprint density at radius 1 is 0.955 bits per heavy atom. The van der Waals surface area contributed by atoms with Crippen molar-refractivity contribution in [2.75, 3.05) is 20.5 Å². The Bertz CT molecular complexity index is 505. The van der Waals surface area contributed by atoms with E-state index in [1.54, 1.807) is 7.11 Å². The van der Waals surface area contributed by atoms with Crippen LogP contribution in [-0.2, 0) is 9.47 Å². The highest BCUT2D eigenvalue weighted by atomic mass is 28.4. The minimum Gasteiger partial charge on any atom is -0.424 e. The predicted octanol–water partition coefficient (Wildman–Crippen LogP) is 2.00. The van der Waals surface area contributed by atoms with E-state index in [0.717, 1.165) is 16.4 Å². The molecule has 0 fully saturated rings. The van der Waals surface area contributed by atoms with Gasteiger partial charge in [0.25, 0.3) is 8.32 Å². The molecule has 22 heavy (non-hydrogen) atoms. The van der Waals surface area contributed by atoms with Crippen molar-refractivity contribution < 1.29 is 14.3 Å². The van der Waals surface area contributed by atoms with E-state index in [2.05, 4.69) is 6.92 Å². The lowest BCUT2D eigenvalue weighted by Crippen LogP contribution is -2.59. The highest BCUT2D eigenvalue weighted by Gasteiger charge is 2.37. The highest BCUT2D eigenvalue weighted by molar-refractivity contribution is 6.96. The van der Waals surface area contributed by atoms with E-state index in [1.807, 2.05) is 60.7 Å². The summed E-state index contributed by atoms with van der Waals surface area (Å²) in [5.41, 5.74) is 0. The van der Waals surface area contributed by atoms with Crippen molar-refractivity contribution in [3.05, 3.63) is 60.7 Å². The molecule has 0 saturated carbocycles. The van der Waals surface area contributed by atoms with Crippen LogP contribution in [0.5, 0.6) is 0 Å². The fourth-order valence-electron chi connectivity index (χ4n) is 2.73. The number of hydrogen-bond acceptors (Lipinski definition) is 3. The first-order valence-electron chi connectivity index (χ1n) is 7.57. The zero-order valence-corrected chi connectivity index (χ0v) is 14.2. The molecule has 0 spiro atoms. The van der Waals surface area contributed by atoms with E-state index in [4.69, 9.17) is 9.47 Å². The number of hydrogen-bond donors (Lipinski definition) is 1. The monoisotopic (exact) mass is 316 g/mol. The molecule has 0 bridgehead atoms. The van der Waals surface area contributed by atoms with Crippen LogP contribution in [0.1, 0.15) is 6.92 Å². The van der Waals surface area contributed by atoms with Gasteiger partial charge in [-0.2, -0.15) is 0 Å². The van der Waals surface area contributed by atoms with Gasteiger partial charge in [-0.15, -0.1) is 0 Å². The van der Waals surface area contributed by atoms with Crippen LogP contribution in [0.3, 0.4) is 0 Å². The third-order valence-corrected chi connectivity index (χ3v) is 7.61. The summed E-state index contributed by atoms with van der Waals surface area (Å²) in [5, 5.41) is 2.08. The largest absolute Gasteiger partial charge is 0.424 e. The molecule has 0 radical (unpaired) electrons. The molecule has 0 amide bonds. The van der Waals surface area contributed by atoms with Crippen LogP contribution in [0.2, 0.25) is 6.04 Å². The number of benzene rings is 2. The molecule has 0 aromatic heterocycles. The van der Waals surface area contributed by atoms with E-state index in [-0.39, 0.29) is 5.92 Å². The Balaban J connectivity index is 2.23. The molecule has 2 rings (SSSR count). The fraction of sp³-hybridized carbons (Fsp3) is 0.333. The molecule has 4 heteroatoms. The molecule has 0 saturated heterocycles. The van der Waals surface area contributed by atoms with Gasteiger partial charge in [-0.1, -0.05) is 67.6 Å². The normalized spacial score (nSPS) is 13.0. The van der Waals surface area contributed by atoms with Crippen molar-refractivity contribution in [2.24, 2.45) is 5.92 Å². The summed E-state index contributed by atoms with van der Waals surface area (Å²) >= 11 is 0. The van der Waals surface area contributed by atoms with Crippen LogP contribution in [0, 0.1) is 5.92 Å². The maximum atomic E-state index is 11.5. The van der Waals surface area contributed by atoms with Gasteiger partial charge in [-0.3, -0.25) is 0 Å². The molecule has 1 N–H and O–H groups in total. The third kappa shape index (κ3) is 4.27. The van der Waals surface area contributed by atoms with Crippen molar-refractivity contribution in [3.63, 3.8) is 0 Å². The lowest BCUT2D eigenvalue weighted by Gasteiger charge is -2.29. The summed E-state index contributed by atoms with van der Waals surface area (Å²) in [7, 11) is -1.13. The van der Waals surface area contributed by atoms with Crippen molar-refractivity contribution in [2.45, 2.75) is 13.0 Å². The molecule has 118 valence electrons. The van der Waals surface area contributed by atoms with Crippen LogP contribution >= 0.6 is 0 Å². The molecule has 0 unspecified atom stereocenters. The summed E-state index contributed by atoms with van der Waals surface area (Å²) < 4.78 is 10.4. The zero-order valence-electron chi connectivity index (χ0n) is 13.2. The van der Waals surface area contributed by atoms with Crippen molar-refractivity contribution >= 4 is 18.7 Å². The summed E-state index contributed by atoms with van der Waals surface area (Å²) in [6.45, 7) is 2.99. The molecule has 2 aromatic carbocycles. The van der Waals surface area contributed by atoms with E-state index < -0.39 is 8.32 Å². The molecular weight excluding hydrogens is 292 g/mol. The van der Waals surface area contributed by atoms with E-state index in [0.29, 0.717) is 13.4 Å². The Morgan fingerprint density at radius 2 is 1.45 bits per heavy atom. The van der Waals surface area contributed by atoms with Gasteiger partial charge in [0.15, 0.2) is 0 Å². The second-order valence-corrected chi connectivity index (χ2v) is 8.96. The van der Waals surface area contributed by atoms with E-state index in [1.165, 1.54) is 0 Å². The molecule has 2 aromatic rings. The average molecular weight is 316 g/mol. The van der Waals surface area contributed by atoms with Gasteiger partial charge in [0.2, 0.25) is 0 Å². The Kier molecular flexibility index (Phi) is 6.33. The highest BCUT2D eigenvalue weighted by Crippen LogP contribution is 2.16. The van der Waals surface area contributed by atoms with Crippen LogP contribution in [0.4, 0.5) is 0 Å². The average Bonchev–Trinajstić information content (AvgIpc) is 2.56. The first-order chi connectivity index (χ1) is 10.7. The predicted molar refractivity (Wildman–Crippen MR) is 91.9 cm³/mol. The molecule has 0 aliphatic heterocycles. The Labute approximate surface area is 133 Å². The van der Waals surface area contributed by atoms with Crippen LogP contribution in [0.15, 0.2) is 60.7 Å². The van der Waals surface area contributed by atoms with Gasteiger partial charge >= 0.3 is 0 Å². The van der Waals surface area contributed by atoms with Crippen LogP contribution in [-0.4, -0.2) is 33.6 Å². The molecule has 1 atom stereocenters. The standard InChI is InChI=1S/C18H24O3Si/c1-16(13-21-15-20-2)14-22(19,17-9-5-3-6-10-17)18-11-7-4-8-12-18/h3-12,16,19H,13-15H2,1-2H3/t16-/m0/s1. The van der Waals surface area contributed by atoms with Gasteiger partial charge < -0.3 is 14.3 Å². The smallest absolute Gasteiger partial charge is 0.252 e. The quantitative estimate of drug-likeness (QED) is 0.460. The van der Waals surface area contributed by atoms with Gasteiger partial charge in [0, 0.05) is 7.11 Å². The summed E-state index contributed by atoms with van der Waals surface area (Å²) in [6.07, 6.45) is 0. The second-order valence-electron chi connectivity index (χ2n) is 5.68. The lowest BCUT2D eigenvalue weighted by atomic mass is 10.2. The van der Waals surface area contributed by atoms with E-state index in [9.17, 15) is 4.80 Å². The second kappa shape index (κ2) is 8.24. The fourth-order valence-corrected chi connectivity index (χ4v) is 6.14. The van der Waals surface area contributed by atoms with Crippen LogP contribution < -0.4 is 10.4 Å². The van der Waals surface area contributed by atoms with Gasteiger partial charge in [-0.25, -0.2) is 0 Å². The third-order valence-electron chi connectivity index (χ3n) is 3.75. The SMILES string of the molecule is COCOC[C@H](C)C[Si](O)(c1ccccc1)c1ccccc1. The summed E-state index contributed by atoms with van der Waals surface area (Å²) in [5.74, 6) is 0.257. The minimum atomic E-state index is -2.75. The number of methoxy groups -OCH3 is 1. The van der Waals surface area contributed by atoms with Crippen molar-refractivity contribution in [1.82, 2.24) is 0 Å². The molecule has 3 nitrogen and oxygen atoms in total. The lowest BCUT2D eigenvalue weighted by molar-refractivity contribution is -0.0399. The van der Waals surface area contributed by atoms with Gasteiger partial charge in [0.05, 0.1) is 6.61 Å². The maximum absolute atomic E-state index is 11.5. The Morgan fingerprint density at radius 3 is 1.91 bits per heavy atom. The molecule has 0 heterocycles. The topological polar surface area (TPSA) is 38.7 Å². The molecule has 0 aliphatic rings. The van der Waals surface area contributed by atoms with Crippen molar-refractivity contribution in [3.8, 4) is 0 Å². The first-order valence-corrected chi connectivity index (χ1v) is 9.72. The molecular formula is C18H24O3Si. The molecule has 0 aliphatic carbocycles. The Hall–Kier alpha value is -1.46.